The van der Waals surface area contributed by atoms with E-state index in [1.807, 2.05) is 37.4 Å². The maximum absolute atomic E-state index is 12.5. The van der Waals surface area contributed by atoms with Crippen LogP contribution < -0.4 is 0 Å². The van der Waals surface area contributed by atoms with Gasteiger partial charge in [0, 0.05) is 34.6 Å². The minimum absolute atomic E-state index is 0.152. The Bertz CT molecular complexity index is 1300. The molecule has 7 heteroatoms. The third kappa shape index (κ3) is 3.96. The normalized spacial score (nSPS) is 20.9. The van der Waals surface area contributed by atoms with Gasteiger partial charge in [-0.3, -0.25) is 14.5 Å². The fraction of sp³-hybridized carbons (Fsp3) is 0.423. The average Bonchev–Trinajstić information content (AvgIpc) is 3.46. The molecule has 0 aromatic carbocycles. The number of ketones is 1. The lowest BCUT2D eigenvalue weighted by Gasteiger charge is -2.38. The second kappa shape index (κ2) is 8.54. The van der Waals surface area contributed by atoms with E-state index in [4.69, 9.17) is 10.1 Å². The lowest BCUT2D eigenvalue weighted by Crippen LogP contribution is -2.34. The van der Waals surface area contributed by atoms with Gasteiger partial charge in [0.2, 0.25) is 0 Å². The van der Waals surface area contributed by atoms with Gasteiger partial charge in [0.15, 0.2) is 5.65 Å². The molecule has 7 nitrogen and oxygen atoms in total. The molecule has 0 aliphatic heterocycles. The van der Waals surface area contributed by atoms with Crippen LogP contribution in [-0.2, 0) is 4.79 Å². The first-order valence-electron chi connectivity index (χ1n) is 11.8. The van der Waals surface area contributed by atoms with Crippen LogP contribution >= 0.6 is 0 Å². The molecule has 0 atom stereocenters. The molecule has 170 valence electrons. The van der Waals surface area contributed by atoms with Crippen molar-refractivity contribution in [3.63, 3.8) is 0 Å². The molecular formula is C26H30N6O. The third-order valence-electron chi connectivity index (χ3n) is 7.21. The summed E-state index contributed by atoms with van der Waals surface area (Å²) < 4.78 is 3.89. The van der Waals surface area contributed by atoms with Crippen molar-refractivity contribution in [3.05, 3.63) is 54.7 Å². The summed E-state index contributed by atoms with van der Waals surface area (Å²) in [5.74, 6) is 0.342. The fourth-order valence-electron chi connectivity index (χ4n) is 5.31. The molecule has 1 aliphatic carbocycles. The molecule has 0 radical (unpaired) electrons. The average molecular weight is 443 g/mol. The first-order valence-corrected chi connectivity index (χ1v) is 11.8. The van der Waals surface area contributed by atoms with Crippen LogP contribution in [0.1, 0.15) is 64.1 Å². The van der Waals surface area contributed by atoms with Gasteiger partial charge in [-0.15, -0.1) is 0 Å². The molecule has 0 N–H and O–H groups in total. The molecule has 4 aromatic rings. The number of aromatic nitrogens is 6. The zero-order valence-corrected chi connectivity index (χ0v) is 19.5. The van der Waals surface area contributed by atoms with Crippen molar-refractivity contribution < 1.29 is 4.79 Å². The van der Waals surface area contributed by atoms with E-state index in [9.17, 15) is 4.79 Å². The summed E-state index contributed by atoms with van der Waals surface area (Å²) in [5.41, 5.74) is 5.41. The van der Waals surface area contributed by atoms with Crippen molar-refractivity contribution >= 4 is 11.4 Å². The van der Waals surface area contributed by atoms with Gasteiger partial charge in [0.25, 0.3) is 0 Å². The maximum Gasteiger partial charge on any atom is 0.155 e. The second-order valence-electron chi connectivity index (χ2n) is 9.33. The van der Waals surface area contributed by atoms with Gasteiger partial charge in [-0.2, -0.15) is 10.2 Å². The summed E-state index contributed by atoms with van der Waals surface area (Å²) in [6.45, 7) is 5.94. The number of hydrogen-bond donors (Lipinski definition) is 0. The van der Waals surface area contributed by atoms with E-state index in [1.54, 1.807) is 17.8 Å². The van der Waals surface area contributed by atoms with Gasteiger partial charge in [0.1, 0.15) is 17.8 Å². The van der Waals surface area contributed by atoms with Crippen LogP contribution in [-0.4, -0.2) is 35.1 Å². The maximum atomic E-state index is 12.5. The van der Waals surface area contributed by atoms with Crippen molar-refractivity contribution in [1.82, 2.24) is 29.4 Å². The topological polar surface area (TPSA) is 78.0 Å². The number of carbonyl (C=O) groups excluding carboxylic acids is 1. The van der Waals surface area contributed by atoms with E-state index < -0.39 is 0 Å². The van der Waals surface area contributed by atoms with Crippen LogP contribution in [0.25, 0.3) is 28.2 Å². The SMILES string of the molecule is CCCC1(C(C)=O)CCC(n2cc(-c3ccc4ncnn4c3)c(-c3cccc(C)n3)n2)CC1. The summed E-state index contributed by atoms with van der Waals surface area (Å²) in [6.07, 6.45) is 11.5. The van der Waals surface area contributed by atoms with E-state index in [-0.39, 0.29) is 11.5 Å². The summed E-state index contributed by atoms with van der Waals surface area (Å²) in [6, 6.07) is 10.3. The highest BCUT2D eigenvalue weighted by Gasteiger charge is 2.39. The Labute approximate surface area is 193 Å². The van der Waals surface area contributed by atoms with E-state index in [2.05, 4.69) is 34.0 Å². The molecule has 4 heterocycles. The number of rotatable bonds is 6. The monoisotopic (exact) mass is 442 g/mol. The Morgan fingerprint density at radius 3 is 2.70 bits per heavy atom. The van der Waals surface area contributed by atoms with Crippen LogP contribution in [0.5, 0.6) is 0 Å². The van der Waals surface area contributed by atoms with E-state index in [1.165, 1.54) is 0 Å². The minimum atomic E-state index is -0.152. The van der Waals surface area contributed by atoms with Gasteiger partial charge < -0.3 is 0 Å². The summed E-state index contributed by atoms with van der Waals surface area (Å²) in [7, 11) is 0. The van der Waals surface area contributed by atoms with Crippen LogP contribution in [0.15, 0.2) is 49.1 Å². The van der Waals surface area contributed by atoms with Crippen molar-refractivity contribution in [2.75, 3.05) is 0 Å². The minimum Gasteiger partial charge on any atom is -0.299 e. The zero-order valence-electron chi connectivity index (χ0n) is 19.5. The van der Waals surface area contributed by atoms with Gasteiger partial charge in [-0.1, -0.05) is 19.4 Å². The Morgan fingerprint density at radius 1 is 1.15 bits per heavy atom. The highest BCUT2D eigenvalue weighted by molar-refractivity contribution is 5.82. The van der Waals surface area contributed by atoms with Crippen LogP contribution in [0, 0.1) is 12.3 Å². The molecule has 0 unspecified atom stereocenters. The molecule has 5 rings (SSSR count). The first-order chi connectivity index (χ1) is 16.0. The molecular weight excluding hydrogens is 412 g/mol. The van der Waals surface area contributed by atoms with Crippen molar-refractivity contribution in [2.45, 2.75) is 65.3 Å². The molecule has 0 amide bonds. The Morgan fingerprint density at radius 2 is 1.97 bits per heavy atom. The summed E-state index contributed by atoms with van der Waals surface area (Å²) in [5, 5.41) is 9.35. The van der Waals surface area contributed by atoms with Gasteiger partial charge in [-0.05, 0) is 70.2 Å². The van der Waals surface area contributed by atoms with Crippen molar-refractivity contribution in [3.8, 4) is 22.5 Å². The van der Waals surface area contributed by atoms with Gasteiger partial charge >= 0.3 is 0 Å². The quantitative estimate of drug-likeness (QED) is 0.396. The lowest BCUT2D eigenvalue weighted by molar-refractivity contribution is -0.129. The largest absolute Gasteiger partial charge is 0.299 e. The summed E-state index contributed by atoms with van der Waals surface area (Å²) in [4.78, 5) is 21.5. The van der Waals surface area contributed by atoms with Gasteiger partial charge in [0.05, 0.1) is 11.7 Å². The highest BCUT2D eigenvalue weighted by Crippen LogP contribution is 2.45. The number of pyridine rings is 2. The number of Topliss-reactive ketones (excluding diaryl/α,β-unsaturated/α-hetero) is 1. The number of aryl methyl sites for hydroxylation is 1. The predicted molar refractivity (Wildman–Crippen MR) is 128 cm³/mol. The Kier molecular flexibility index (Phi) is 5.56. The molecule has 0 bridgehead atoms. The molecule has 33 heavy (non-hydrogen) atoms. The van der Waals surface area contributed by atoms with Crippen LogP contribution in [0.4, 0.5) is 0 Å². The molecule has 1 aliphatic rings. The number of hydrogen-bond acceptors (Lipinski definition) is 5. The zero-order chi connectivity index (χ0) is 23.0. The summed E-state index contributed by atoms with van der Waals surface area (Å²) >= 11 is 0. The van der Waals surface area contributed by atoms with Gasteiger partial charge in [-0.25, -0.2) is 9.50 Å². The number of fused-ring (bicyclic) bond motifs is 1. The van der Waals surface area contributed by atoms with E-state index in [0.29, 0.717) is 5.78 Å². The Balaban J connectivity index is 1.53. The van der Waals surface area contributed by atoms with Crippen LogP contribution in [0.2, 0.25) is 0 Å². The highest BCUT2D eigenvalue weighted by atomic mass is 16.1. The second-order valence-corrected chi connectivity index (χ2v) is 9.33. The smallest absolute Gasteiger partial charge is 0.155 e. The number of nitrogens with zero attached hydrogens (tertiary/aromatic N) is 6. The fourth-order valence-corrected chi connectivity index (χ4v) is 5.31. The lowest BCUT2D eigenvalue weighted by atomic mass is 9.67. The standard InChI is InChI=1S/C26H30N6O/c1-4-12-26(19(3)33)13-10-21(11-14-26)31-16-22(20-8-9-24-27-17-28-32(24)15-20)25(30-31)23-7-5-6-18(2)29-23/h5-9,15-17,21H,4,10-14H2,1-3H3. The van der Waals surface area contributed by atoms with Crippen molar-refractivity contribution in [2.24, 2.45) is 5.41 Å². The van der Waals surface area contributed by atoms with E-state index in [0.717, 1.165) is 72.4 Å². The third-order valence-corrected chi connectivity index (χ3v) is 7.21. The molecule has 4 aromatic heterocycles. The predicted octanol–water partition coefficient (Wildman–Crippen LogP) is 5.45. The number of carbonyl (C=O) groups is 1. The molecule has 0 saturated heterocycles. The Hall–Kier alpha value is -3.35. The van der Waals surface area contributed by atoms with E-state index >= 15 is 0 Å². The molecule has 1 fully saturated rings. The van der Waals surface area contributed by atoms with Crippen LogP contribution in [0.3, 0.4) is 0 Å². The van der Waals surface area contributed by atoms with Crippen molar-refractivity contribution in [1.29, 1.82) is 0 Å². The molecule has 0 spiro atoms. The molecule has 1 saturated carbocycles. The first kappa shape index (κ1) is 21.5.